The van der Waals surface area contributed by atoms with Crippen molar-refractivity contribution in [2.45, 2.75) is 18.0 Å². The Labute approximate surface area is 182 Å². The molecule has 1 amide bonds. The van der Waals surface area contributed by atoms with E-state index in [0.717, 1.165) is 12.1 Å². The zero-order valence-corrected chi connectivity index (χ0v) is 17.5. The van der Waals surface area contributed by atoms with Gasteiger partial charge in [0.25, 0.3) is 15.9 Å². The molecule has 0 fully saturated rings. The first kappa shape index (κ1) is 23.0. The second-order valence-corrected chi connectivity index (χ2v) is 8.66. The number of nitrogens with one attached hydrogen (secondary N) is 1. The fourth-order valence-corrected chi connectivity index (χ4v) is 4.05. The van der Waals surface area contributed by atoms with E-state index in [1.165, 1.54) is 22.9 Å². The number of hydrogen-bond donors (Lipinski definition) is 1. The van der Waals surface area contributed by atoms with Crippen LogP contribution in [0.15, 0.2) is 41.3 Å². The van der Waals surface area contributed by atoms with Gasteiger partial charge in [0, 0.05) is 0 Å². The first-order valence-corrected chi connectivity index (χ1v) is 10.4. The third kappa shape index (κ3) is 4.65. The molecule has 0 spiro atoms. The topological polar surface area (TPSA) is 93.9 Å². The van der Waals surface area contributed by atoms with E-state index in [-0.39, 0.29) is 15.4 Å². The lowest BCUT2D eigenvalue weighted by molar-refractivity contribution is -0.143. The van der Waals surface area contributed by atoms with E-state index in [1.807, 2.05) is 0 Å². The van der Waals surface area contributed by atoms with Gasteiger partial charge in [0.2, 0.25) is 0 Å². The highest BCUT2D eigenvalue weighted by atomic mass is 35.5. The van der Waals surface area contributed by atoms with E-state index in [4.69, 9.17) is 23.2 Å². The van der Waals surface area contributed by atoms with Gasteiger partial charge >= 0.3 is 6.18 Å². The Kier molecular flexibility index (Phi) is 6.00. The van der Waals surface area contributed by atoms with Gasteiger partial charge in [-0.3, -0.25) is 4.79 Å². The Morgan fingerprint density at radius 2 is 1.77 bits per heavy atom. The van der Waals surface area contributed by atoms with Crippen molar-refractivity contribution >= 4 is 39.1 Å². The lowest BCUT2D eigenvalue weighted by atomic mass is 10.2. The predicted molar refractivity (Wildman–Crippen MR) is 102 cm³/mol. The van der Waals surface area contributed by atoms with Crippen molar-refractivity contribution in [3.63, 3.8) is 0 Å². The monoisotopic (exact) mass is 496 g/mol. The molecule has 1 heterocycles. The minimum Gasteiger partial charge on any atom is -0.266 e. The van der Waals surface area contributed by atoms with Crippen LogP contribution >= 0.6 is 23.2 Å². The van der Waals surface area contributed by atoms with Gasteiger partial charge < -0.3 is 0 Å². The summed E-state index contributed by atoms with van der Waals surface area (Å²) in [5, 5.41) is 5.87. The highest BCUT2D eigenvalue weighted by Gasteiger charge is 2.43. The molecule has 164 valence electrons. The fraction of sp³-hybridized carbons (Fsp3) is 0.118. The average Bonchev–Trinajstić information content (AvgIpc) is 3.09. The summed E-state index contributed by atoms with van der Waals surface area (Å²) in [5.41, 5.74) is -2.51. The number of rotatable bonds is 4. The summed E-state index contributed by atoms with van der Waals surface area (Å²) >= 11 is 11.5. The SMILES string of the molecule is Cc1ccc(-n2nnc(C(=O)NS(=O)(=O)c3ccc(F)c(Cl)c3)c2C(F)(F)F)c(Cl)c1. The Bertz CT molecular complexity index is 1290. The van der Waals surface area contributed by atoms with Crippen molar-refractivity contribution < 1.29 is 30.8 Å². The molecule has 0 radical (unpaired) electrons. The third-order valence-electron chi connectivity index (χ3n) is 3.91. The molecule has 2 aromatic carbocycles. The highest BCUT2D eigenvalue weighted by molar-refractivity contribution is 7.90. The summed E-state index contributed by atoms with van der Waals surface area (Å²) in [5.74, 6) is -2.63. The van der Waals surface area contributed by atoms with Crippen LogP contribution in [-0.2, 0) is 16.2 Å². The van der Waals surface area contributed by atoms with Crippen LogP contribution < -0.4 is 4.72 Å². The average molecular weight is 497 g/mol. The molecule has 1 aromatic heterocycles. The van der Waals surface area contributed by atoms with E-state index >= 15 is 0 Å². The van der Waals surface area contributed by atoms with E-state index in [2.05, 4.69) is 10.3 Å². The second-order valence-electron chi connectivity index (χ2n) is 6.16. The molecule has 0 aliphatic rings. The fourth-order valence-electron chi connectivity index (χ4n) is 2.51. The van der Waals surface area contributed by atoms with Crippen molar-refractivity contribution in [2.75, 3.05) is 0 Å². The number of carbonyl (C=O) groups excluding carboxylic acids is 1. The lowest BCUT2D eigenvalue weighted by Crippen LogP contribution is -2.32. The molecule has 3 aromatic rings. The highest BCUT2D eigenvalue weighted by Crippen LogP contribution is 2.34. The van der Waals surface area contributed by atoms with Crippen LogP contribution in [0.1, 0.15) is 21.7 Å². The molecular weight excluding hydrogens is 487 g/mol. The van der Waals surface area contributed by atoms with Gasteiger partial charge in [0.15, 0.2) is 11.4 Å². The predicted octanol–water partition coefficient (Wildman–Crippen LogP) is 4.16. The van der Waals surface area contributed by atoms with Crippen LogP contribution in [0.3, 0.4) is 0 Å². The van der Waals surface area contributed by atoms with E-state index in [9.17, 15) is 30.8 Å². The lowest BCUT2D eigenvalue weighted by Gasteiger charge is -2.13. The number of amides is 1. The first-order valence-electron chi connectivity index (χ1n) is 8.13. The summed E-state index contributed by atoms with van der Waals surface area (Å²) in [6, 6.07) is 6.27. The minimum absolute atomic E-state index is 0.101. The molecule has 0 atom stereocenters. The van der Waals surface area contributed by atoms with Gasteiger partial charge in [-0.1, -0.05) is 34.5 Å². The summed E-state index contributed by atoms with van der Waals surface area (Å²) in [6.45, 7) is 1.66. The maximum absolute atomic E-state index is 13.7. The second kappa shape index (κ2) is 8.09. The molecular formula is C17H10Cl2F4N4O3S. The Hall–Kier alpha value is -2.70. The Balaban J connectivity index is 2.05. The van der Waals surface area contributed by atoms with Gasteiger partial charge in [-0.15, -0.1) is 5.10 Å². The van der Waals surface area contributed by atoms with Crippen molar-refractivity contribution in [1.82, 2.24) is 19.7 Å². The number of sulfonamides is 1. The Morgan fingerprint density at radius 1 is 1.10 bits per heavy atom. The number of halogens is 6. The number of aromatic nitrogens is 3. The number of alkyl halides is 3. The van der Waals surface area contributed by atoms with Crippen molar-refractivity contribution in [2.24, 2.45) is 0 Å². The quantitative estimate of drug-likeness (QED) is 0.547. The van der Waals surface area contributed by atoms with E-state index < -0.39 is 49.2 Å². The molecule has 0 saturated carbocycles. The third-order valence-corrected chi connectivity index (χ3v) is 5.83. The van der Waals surface area contributed by atoms with Crippen molar-refractivity contribution in [1.29, 1.82) is 0 Å². The largest absolute Gasteiger partial charge is 0.435 e. The summed E-state index contributed by atoms with van der Waals surface area (Å²) in [7, 11) is -4.70. The zero-order valence-electron chi connectivity index (χ0n) is 15.2. The van der Waals surface area contributed by atoms with Crippen molar-refractivity contribution in [3.8, 4) is 5.69 Å². The number of nitrogens with zero attached hydrogens (tertiary/aromatic N) is 3. The van der Waals surface area contributed by atoms with E-state index in [0.29, 0.717) is 11.6 Å². The van der Waals surface area contributed by atoms with Gasteiger partial charge in [0.05, 0.1) is 20.6 Å². The zero-order chi connectivity index (χ0) is 23.1. The molecule has 0 saturated heterocycles. The van der Waals surface area contributed by atoms with Gasteiger partial charge in [-0.2, -0.15) is 13.2 Å². The maximum Gasteiger partial charge on any atom is 0.435 e. The first-order chi connectivity index (χ1) is 14.3. The van der Waals surface area contributed by atoms with Crippen LogP contribution in [0.5, 0.6) is 0 Å². The standard InChI is InChI=1S/C17H10Cl2F4N4O3S/c1-8-2-5-13(11(19)6-8)27-15(17(21,22)23)14(24-26-27)16(28)25-31(29,30)9-3-4-12(20)10(18)7-9/h2-7H,1H3,(H,25,28). The summed E-state index contributed by atoms with van der Waals surface area (Å²) in [4.78, 5) is 11.7. The normalized spacial score (nSPS) is 12.1. The van der Waals surface area contributed by atoms with Gasteiger partial charge in [0.1, 0.15) is 5.82 Å². The maximum atomic E-state index is 13.7. The number of benzene rings is 2. The Morgan fingerprint density at radius 3 is 2.35 bits per heavy atom. The molecule has 7 nitrogen and oxygen atoms in total. The molecule has 0 aliphatic carbocycles. The van der Waals surface area contributed by atoms with Crippen LogP contribution in [0, 0.1) is 12.7 Å². The van der Waals surface area contributed by atoms with E-state index in [1.54, 1.807) is 6.92 Å². The number of aryl methyl sites for hydroxylation is 1. The minimum atomic E-state index is -5.15. The van der Waals surface area contributed by atoms with Crippen LogP contribution in [0.25, 0.3) is 5.69 Å². The smallest absolute Gasteiger partial charge is 0.266 e. The summed E-state index contributed by atoms with van der Waals surface area (Å²) in [6.07, 6.45) is -5.15. The van der Waals surface area contributed by atoms with Crippen molar-refractivity contribution in [3.05, 3.63) is 69.2 Å². The van der Waals surface area contributed by atoms with Crippen LogP contribution in [0.2, 0.25) is 10.0 Å². The molecule has 14 heteroatoms. The van der Waals surface area contributed by atoms with Gasteiger partial charge in [-0.05, 0) is 42.8 Å². The molecule has 31 heavy (non-hydrogen) atoms. The molecule has 0 aliphatic heterocycles. The number of hydrogen-bond acceptors (Lipinski definition) is 5. The van der Waals surface area contributed by atoms with Crippen LogP contribution in [0.4, 0.5) is 17.6 Å². The molecule has 0 bridgehead atoms. The number of carbonyl (C=O) groups is 1. The van der Waals surface area contributed by atoms with Crippen LogP contribution in [-0.4, -0.2) is 29.3 Å². The molecule has 3 rings (SSSR count). The molecule has 1 N–H and O–H groups in total. The summed E-state index contributed by atoms with van der Waals surface area (Å²) < 4.78 is 80.8. The molecule has 0 unspecified atom stereocenters. The van der Waals surface area contributed by atoms with Gasteiger partial charge in [-0.25, -0.2) is 22.2 Å².